The Bertz CT molecular complexity index is 661. The van der Waals surface area contributed by atoms with E-state index in [1.165, 1.54) is 6.92 Å². The van der Waals surface area contributed by atoms with Crippen molar-refractivity contribution in [2.45, 2.75) is 45.7 Å². The zero-order valence-electron chi connectivity index (χ0n) is 13.6. The van der Waals surface area contributed by atoms with Crippen molar-refractivity contribution in [1.29, 1.82) is 0 Å². The fourth-order valence-corrected chi connectivity index (χ4v) is 3.41. The Balaban J connectivity index is 3.16. The summed E-state index contributed by atoms with van der Waals surface area (Å²) in [6, 6.07) is 1.55. The third-order valence-electron chi connectivity index (χ3n) is 3.58. The normalized spacial score (nSPS) is 13.0. The lowest BCUT2D eigenvalue weighted by Gasteiger charge is -2.29. The molecule has 0 aliphatic heterocycles. The minimum atomic E-state index is -3.86. The summed E-state index contributed by atoms with van der Waals surface area (Å²) in [6.07, 6.45) is 2.33. The van der Waals surface area contributed by atoms with Crippen LogP contribution >= 0.6 is 0 Å². The zero-order chi connectivity index (χ0) is 17.8. The quantitative estimate of drug-likeness (QED) is 0.823. The molecule has 0 saturated carbocycles. The molecular weight excluding hydrogens is 326 g/mol. The van der Waals surface area contributed by atoms with Crippen LogP contribution in [0.15, 0.2) is 18.2 Å². The first kappa shape index (κ1) is 19.3. The lowest BCUT2D eigenvalue weighted by atomic mass is 10.1. The summed E-state index contributed by atoms with van der Waals surface area (Å²) in [5.74, 6) is -2.76. The van der Waals surface area contributed by atoms with E-state index in [0.29, 0.717) is 12.8 Å². The van der Waals surface area contributed by atoms with E-state index in [1.54, 1.807) is 0 Å². The van der Waals surface area contributed by atoms with E-state index in [0.717, 1.165) is 28.8 Å². The van der Waals surface area contributed by atoms with Crippen LogP contribution in [0.4, 0.5) is 14.5 Å². The zero-order valence-corrected chi connectivity index (χ0v) is 14.5. The average Bonchev–Trinajstić information content (AvgIpc) is 2.46. The Labute approximate surface area is 135 Å². The first-order valence-corrected chi connectivity index (χ1v) is 9.21. The number of hydrogen-bond donors (Lipinski definition) is 1. The maximum absolute atomic E-state index is 13.4. The third kappa shape index (κ3) is 4.89. The minimum absolute atomic E-state index is 0.0729. The van der Waals surface area contributed by atoms with Gasteiger partial charge in [-0.1, -0.05) is 13.8 Å². The molecule has 0 heterocycles. The Hall–Kier alpha value is -1.70. The molecule has 0 aromatic heterocycles. The maximum Gasteiger partial charge on any atom is 0.243 e. The second kappa shape index (κ2) is 7.72. The Morgan fingerprint density at radius 1 is 1.22 bits per heavy atom. The number of nitrogens with one attached hydrogen (secondary N) is 1. The number of benzene rings is 1. The standard InChI is InChI=1S/C15H22F2N2O3S/c1-5-11(6-2)18-15(20)10(3)19(23(4,21)22)12-7-8-13(16)14(17)9-12/h7-11H,5-6H2,1-4H3,(H,18,20)/t10-/m0/s1. The van der Waals surface area contributed by atoms with Crippen LogP contribution in [0.1, 0.15) is 33.6 Å². The molecule has 8 heteroatoms. The predicted octanol–water partition coefficient (Wildman–Crippen LogP) is 2.42. The topological polar surface area (TPSA) is 66.5 Å². The van der Waals surface area contributed by atoms with Crippen molar-refractivity contribution < 1.29 is 22.0 Å². The SMILES string of the molecule is CCC(CC)NC(=O)[C@H](C)N(c1ccc(F)c(F)c1)S(C)(=O)=O. The lowest BCUT2D eigenvalue weighted by Crippen LogP contribution is -2.50. The monoisotopic (exact) mass is 348 g/mol. The summed E-state index contributed by atoms with van der Waals surface area (Å²) in [5, 5.41) is 2.75. The van der Waals surface area contributed by atoms with Gasteiger partial charge in [0.05, 0.1) is 11.9 Å². The molecule has 0 aliphatic carbocycles. The summed E-state index contributed by atoms with van der Waals surface area (Å²) >= 11 is 0. The van der Waals surface area contributed by atoms with Gasteiger partial charge in [-0.3, -0.25) is 9.10 Å². The van der Waals surface area contributed by atoms with E-state index in [2.05, 4.69) is 5.32 Å². The van der Waals surface area contributed by atoms with Crippen molar-refractivity contribution in [3.63, 3.8) is 0 Å². The highest BCUT2D eigenvalue weighted by molar-refractivity contribution is 7.92. The molecule has 1 atom stereocenters. The molecule has 0 fully saturated rings. The molecule has 1 amide bonds. The molecule has 0 spiro atoms. The molecule has 23 heavy (non-hydrogen) atoms. The number of carbonyl (C=O) groups excluding carboxylic acids is 1. The highest BCUT2D eigenvalue weighted by Gasteiger charge is 2.30. The molecule has 0 saturated heterocycles. The van der Waals surface area contributed by atoms with Crippen molar-refractivity contribution in [1.82, 2.24) is 5.32 Å². The summed E-state index contributed by atoms with van der Waals surface area (Å²) in [7, 11) is -3.86. The Kier molecular flexibility index (Phi) is 6.49. The number of rotatable bonds is 7. The number of halogens is 2. The van der Waals surface area contributed by atoms with E-state index in [-0.39, 0.29) is 11.7 Å². The first-order chi connectivity index (χ1) is 10.6. The summed E-state index contributed by atoms with van der Waals surface area (Å²) in [5.41, 5.74) is -0.0985. The summed E-state index contributed by atoms with van der Waals surface area (Å²) in [4.78, 5) is 12.3. The van der Waals surface area contributed by atoms with Crippen molar-refractivity contribution in [2.75, 3.05) is 10.6 Å². The maximum atomic E-state index is 13.4. The highest BCUT2D eigenvalue weighted by Crippen LogP contribution is 2.23. The fraction of sp³-hybridized carbons (Fsp3) is 0.533. The Morgan fingerprint density at radius 2 is 1.78 bits per heavy atom. The van der Waals surface area contributed by atoms with Gasteiger partial charge < -0.3 is 5.32 Å². The smallest absolute Gasteiger partial charge is 0.243 e. The predicted molar refractivity (Wildman–Crippen MR) is 85.7 cm³/mol. The van der Waals surface area contributed by atoms with Gasteiger partial charge in [0.25, 0.3) is 0 Å². The molecule has 0 unspecified atom stereocenters. The van der Waals surface area contributed by atoms with Gasteiger partial charge >= 0.3 is 0 Å². The third-order valence-corrected chi connectivity index (χ3v) is 4.82. The molecule has 1 aromatic carbocycles. The van der Waals surface area contributed by atoms with Gasteiger partial charge in [-0.25, -0.2) is 17.2 Å². The Morgan fingerprint density at radius 3 is 2.22 bits per heavy atom. The lowest BCUT2D eigenvalue weighted by molar-refractivity contribution is -0.122. The summed E-state index contributed by atoms with van der Waals surface area (Å²) < 4.78 is 51.3. The van der Waals surface area contributed by atoms with Crippen LogP contribution in [-0.4, -0.2) is 32.7 Å². The van der Waals surface area contributed by atoms with E-state index < -0.39 is 33.6 Å². The van der Waals surface area contributed by atoms with Gasteiger partial charge in [0.2, 0.25) is 15.9 Å². The number of sulfonamides is 1. The molecule has 130 valence electrons. The molecule has 5 nitrogen and oxygen atoms in total. The van der Waals surface area contributed by atoms with Gasteiger partial charge in [0, 0.05) is 12.1 Å². The van der Waals surface area contributed by atoms with Gasteiger partial charge in [-0.2, -0.15) is 0 Å². The minimum Gasteiger partial charge on any atom is -0.352 e. The summed E-state index contributed by atoms with van der Waals surface area (Å²) in [6.45, 7) is 5.21. The molecule has 0 radical (unpaired) electrons. The molecule has 0 aliphatic rings. The average molecular weight is 348 g/mol. The van der Waals surface area contributed by atoms with Crippen LogP contribution in [0.5, 0.6) is 0 Å². The molecule has 1 aromatic rings. The number of amides is 1. The number of anilines is 1. The van der Waals surface area contributed by atoms with E-state index in [4.69, 9.17) is 0 Å². The van der Waals surface area contributed by atoms with Crippen LogP contribution in [0.25, 0.3) is 0 Å². The van der Waals surface area contributed by atoms with Crippen LogP contribution in [0, 0.1) is 11.6 Å². The van der Waals surface area contributed by atoms with Crippen LogP contribution in [0.3, 0.4) is 0 Å². The van der Waals surface area contributed by atoms with Crippen molar-refractivity contribution in [3.05, 3.63) is 29.8 Å². The molecule has 1 rings (SSSR count). The second-order valence-electron chi connectivity index (χ2n) is 5.36. The van der Waals surface area contributed by atoms with Gasteiger partial charge in [0.15, 0.2) is 11.6 Å². The first-order valence-electron chi connectivity index (χ1n) is 7.36. The van der Waals surface area contributed by atoms with Crippen molar-refractivity contribution >= 4 is 21.6 Å². The van der Waals surface area contributed by atoms with E-state index in [9.17, 15) is 22.0 Å². The molecular formula is C15H22F2N2O3S. The van der Waals surface area contributed by atoms with E-state index in [1.807, 2.05) is 13.8 Å². The van der Waals surface area contributed by atoms with Gasteiger partial charge in [0.1, 0.15) is 6.04 Å². The fourth-order valence-electron chi connectivity index (χ4n) is 2.25. The van der Waals surface area contributed by atoms with Crippen molar-refractivity contribution in [3.8, 4) is 0 Å². The van der Waals surface area contributed by atoms with Crippen molar-refractivity contribution in [2.24, 2.45) is 0 Å². The van der Waals surface area contributed by atoms with Crippen LogP contribution in [0.2, 0.25) is 0 Å². The largest absolute Gasteiger partial charge is 0.352 e. The van der Waals surface area contributed by atoms with Gasteiger partial charge in [-0.05, 0) is 31.9 Å². The number of carbonyl (C=O) groups is 1. The molecule has 0 bridgehead atoms. The van der Waals surface area contributed by atoms with Gasteiger partial charge in [-0.15, -0.1) is 0 Å². The van der Waals surface area contributed by atoms with Crippen LogP contribution < -0.4 is 9.62 Å². The van der Waals surface area contributed by atoms with Crippen LogP contribution in [-0.2, 0) is 14.8 Å². The molecule has 1 N–H and O–H groups in total. The van der Waals surface area contributed by atoms with E-state index >= 15 is 0 Å². The second-order valence-corrected chi connectivity index (χ2v) is 7.21. The number of nitrogens with zero attached hydrogens (tertiary/aromatic N) is 1. The highest BCUT2D eigenvalue weighted by atomic mass is 32.2. The number of hydrogen-bond acceptors (Lipinski definition) is 3.